The number of benzene rings is 1. The molecule has 0 aliphatic carbocycles. The molecule has 1 aromatic carbocycles. The lowest BCUT2D eigenvalue weighted by atomic mass is 10.2. The van der Waals surface area contributed by atoms with Crippen molar-refractivity contribution in [3.8, 4) is 5.75 Å². The summed E-state index contributed by atoms with van der Waals surface area (Å²) in [7, 11) is 1.60. The second-order valence-corrected chi connectivity index (χ2v) is 3.06. The van der Waals surface area contributed by atoms with E-state index in [4.69, 9.17) is 4.74 Å². The molecule has 0 fully saturated rings. The Balaban J connectivity index is 2.96. The van der Waals surface area contributed by atoms with Crippen molar-refractivity contribution in [3.05, 3.63) is 23.8 Å². The highest BCUT2D eigenvalue weighted by Gasteiger charge is 2.07. The molecule has 76 valence electrons. The molecule has 14 heavy (non-hydrogen) atoms. The fourth-order valence-electron chi connectivity index (χ4n) is 1.26. The number of carbonyl (C=O) groups is 1. The maximum Gasteiger partial charge on any atom is 0.224 e. The summed E-state index contributed by atoms with van der Waals surface area (Å²) in [6, 6.07) is 5.67. The molecular formula is C11H15NO2. The molecule has 0 aromatic heterocycles. The average Bonchev–Trinajstić information content (AvgIpc) is 2.18. The number of methoxy groups -OCH3 is 1. The lowest BCUT2D eigenvalue weighted by molar-refractivity contribution is -0.115. The second-order valence-electron chi connectivity index (χ2n) is 3.06. The Morgan fingerprint density at radius 1 is 1.50 bits per heavy atom. The third-order valence-corrected chi connectivity index (χ3v) is 2.01. The number of hydrogen-bond acceptors (Lipinski definition) is 2. The minimum Gasteiger partial charge on any atom is -0.494 e. The zero-order chi connectivity index (χ0) is 10.6. The first-order chi connectivity index (χ1) is 6.69. The highest BCUT2D eigenvalue weighted by molar-refractivity contribution is 5.92. The molecule has 1 N–H and O–H groups in total. The van der Waals surface area contributed by atoms with Crippen LogP contribution in [-0.4, -0.2) is 13.0 Å². The Labute approximate surface area is 84.1 Å². The highest BCUT2D eigenvalue weighted by atomic mass is 16.5. The van der Waals surface area contributed by atoms with Gasteiger partial charge in [-0.05, 0) is 18.6 Å². The quantitative estimate of drug-likeness (QED) is 0.800. The number of nitrogens with one attached hydrogen (secondary N) is 1. The van der Waals surface area contributed by atoms with Crippen LogP contribution in [0.4, 0.5) is 5.69 Å². The van der Waals surface area contributed by atoms with Crippen LogP contribution in [0, 0.1) is 6.92 Å². The number of rotatable bonds is 3. The van der Waals surface area contributed by atoms with Crippen molar-refractivity contribution in [1.82, 2.24) is 0 Å². The van der Waals surface area contributed by atoms with Gasteiger partial charge in [0, 0.05) is 6.42 Å². The average molecular weight is 193 g/mol. The first kappa shape index (κ1) is 10.6. The summed E-state index contributed by atoms with van der Waals surface area (Å²) in [6.07, 6.45) is 0.469. The molecule has 3 nitrogen and oxygen atoms in total. The van der Waals surface area contributed by atoms with E-state index < -0.39 is 0 Å². The van der Waals surface area contributed by atoms with E-state index in [1.807, 2.05) is 32.0 Å². The summed E-state index contributed by atoms with van der Waals surface area (Å²) >= 11 is 0. The normalized spacial score (nSPS) is 9.64. The predicted octanol–water partition coefficient (Wildman–Crippen LogP) is 2.35. The van der Waals surface area contributed by atoms with Gasteiger partial charge >= 0.3 is 0 Å². The molecule has 0 aliphatic heterocycles. The Morgan fingerprint density at radius 2 is 2.21 bits per heavy atom. The molecule has 3 heteroatoms. The van der Waals surface area contributed by atoms with Gasteiger partial charge in [0.05, 0.1) is 12.8 Å². The standard InChI is InChI=1S/C11H15NO2/c1-4-10(13)12-9-7-5-6-8(2)11(9)14-3/h5-7H,4H2,1-3H3,(H,12,13). The van der Waals surface area contributed by atoms with Crippen LogP contribution in [0.3, 0.4) is 0 Å². The second kappa shape index (κ2) is 4.65. The summed E-state index contributed by atoms with van der Waals surface area (Å²) < 4.78 is 5.21. The lowest BCUT2D eigenvalue weighted by Crippen LogP contribution is -2.10. The van der Waals surface area contributed by atoms with Gasteiger partial charge in [-0.15, -0.1) is 0 Å². The summed E-state index contributed by atoms with van der Waals surface area (Å²) in [5.41, 5.74) is 1.75. The smallest absolute Gasteiger partial charge is 0.224 e. The molecule has 1 aromatic rings. The van der Waals surface area contributed by atoms with Crippen LogP contribution in [0.25, 0.3) is 0 Å². The number of amides is 1. The maximum atomic E-state index is 11.2. The van der Waals surface area contributed by atoms with Crippen molar-refractivity contribution in [1.29, 1.82) is 0 Å². The summed E-state index contributed by atoms with van der Waals surface area (Å²) in [6.45, 7) is 3.76. The monoisotopic (exact) mass is 193 g/mol. The Bertz CT molecular complexity index is 334. The van der Waals surface area contributed by atoms with Crippen LogP contribution in [0.1, 0.15) is 18.9 Å². The molecule has 0 saturated heterocycles. The summed E-state index contributed by atoms with van der Waals surface area (Å²) in [5.74, 6) is 0.725. The van der Waals surface area contributed by atoms with E-state index in [-0.39, 0.29) is 5.91 Å². The number of anilines is 1. The van der Waals surface area contributed by atoms with Crippen molar-refractivity contribution in [2.45, 2.75) is 20.3 Å². The van der Waals surface area contributed by atoms with E-state index in [1.165, 1.54) is 0 Å². The zero-order valence-corrected chi connectivity index (χ0v) is 8.76. The van der Waals surface area contributed by atoms with E-state index in [0.29, 0.717) is 6.42 Å². The first-order valence-corrected chi connectivity index (χ1v) is 4.62. The molecule has 1 rings (SSSR count). The van der Waals surface area contributed by atoms with Gasteiger partial charge in [-0.3, -0.25) is 4.79 Å². The van der Waals surface area contributed by atoms with E-state index >= 15 is 0 Å². The molecule has 0 heterocycles. The number of aryl methyl sites for hydroxylation is 1. The predicted molar refractivity (Wildman–Crippen MR) is 56.7 cm³/mol. The van der Waals surface area contributed by atoms with Crippen molar-refractivity contribution in [3.63, 3.8) is 0 Å². The molecule has 0 unspecified atom stereocenters. The highest BCUT2D eigenvalue weighted by Crippen LogP contribution is 2.27. The third kappa shape index (κ3) is 2.25. The summed E-state index contributed by atoms with van der Waals surface area (Å²) in [5, 5.41) is 2.79. The van der Waals surface area contributed by atoms with Gasteiger partial charge in [-0.1, -0.05) is 19.1 Å². The maximum absolute atomic E-state index is 11.2. The molecule has 0 saturated carbocycles. The SMILES string of the molecule is CCC(=O)Nc1cccc(C)c1OC. The minimum absolute atomic E-state index is 0.00565. The number of hydrogen-bond donors (Lipinski definition) is 1. The van der Waals surface area contributed by atoms with E-state index in [1.54, 1.807) is 7.11 Å². The molecule has 0 atom stereocenters. The number of para-hydroxylation sites is 1. The van der Waals surface area contributed by atoms with Crippen molar-refractivity contribution in [2.75, 3.05) is 12.4 Å². The van der Waals surface area contributed by atoms with Gasteiger partial charge in [0.2, 0.25) is 5.91 Å². The van der Waals surface area contributed by atoms with Crippen LogP contribution in [-0.2, 0) is 4.79 Å². The largest absolute Gasteiger partial charge is 0.494 e. The molecule has 1 amide bonds. The number of ether oxygens (including phenoxy) is 1. The van der Waals surface area contributed by atoms with Crippen LogP contribution in [0.5, 0.6) is 5.75 Å². The van der Waals surface area contributed by atoms with Crippen LogP contribution in [0.15, 0.2) is 18.2 Å². The van der Waals surface area contributed by atoms with E-state index in [2.05, 4.69) is 5.32 Å². The third-order valence-electron chi connectivity index (χ3n) is 2.01. The van der Waals surface area contributed by atoms with Gasteiger partial charge in [-0.25, -0.2) is 0 Å². The fourth-order valence-corrected chi connectivity index (χ4v) is 1.26. The van der Waals surface area contributed by atoms with Crippen molar-refractivity contribution < 1.29 is 9.53 Å². The number of carbonyl (C=O) groups excluding carboxylic acids is 1. The Morgan fingerprint density at radius 3 is 2.79 bits per heavy atom. The molecule has 0 radical (unpaired) electrons. The zero-order valence-electron chi connectivity index (χ0n) is 8.76. The van der Waals surface area contributed by atoms with Gasteiger partial charge in [-0.2, -0.15) is 0 Å². The molecule has 0 bridgehead atoms. The minimum atomic E-state index is -0.00565. The van der Waals surface area contributed by atoms with Crippen LogP contribution in [0.2, 0.25) is 0 Å². The summed E-state index contributed by atoms with van der Waals surface area (Å²) in [4.78, 5) is 11.2. The lowest BCUT2D eigenvalue weighted by Gasteiger charge is -2.11. The van der Waals surface area contributed by atoms with Gasteiger partial charge in [0.25, 0.3) is 0 Å². The fraction of sp³-hybridized carbons (Fsp3) is 0.364. The topological polar surface area (TPSA) is 38.3 Å². The molecule has 0 aliphatic rings. The van der Waals surface area contributed by atoms with Gasteiger partial charge < -0.3 is 10.1 Å². The van der Waals surface area contributed by atoms with Crippen LogP contribution < -0.4 is 10.1 Å². The van der Waals surface area contributed by atoms with Gasteiger partial charge in [0.15, 0.2) is 0 Å². The van der Waals surface area contributed by atoms with E-state index in [0.717, 1.165) is 17.0 Å². The Kier molecular flexibility index (Phi) is 3.51. The Hall–Kier alpha value is -1.51. The van der Waals surface area contributed by atoms with Crippen molar-refractivity contribution >= 4 is 11.6 Å². The van der Waals surface area contributed by atoms with Gasteiger partial charge in [0.1, 0.15) is 5.75 Å². The molecular weight excluding hydrogens is 178 g/mol. The first-order valence-electron chi connectivity index (χ1n) is 4.62. The van der Waals surface area contributed by atoms with Crippen molar-refractivity contribution in [2.24, 2.45) is 0 Å². The van der Waals surface area contributed by atoms with E-state index in [9.17, 15) is 4.79 Å². The van der Waals surface area contributed by atoms with Crippen LogP contribution >= 0.6 is 0 Å². The molecule has 0 spiro atoms.